The van der Waals surface area contributed by atoms with Crippen LogP contribution in [0.5, 0.6) is 0 Å². The summed E-state index contributed by atoms with van der Waals surface area (Å²) >= 11 is 0. The van der Waals surface area contributed by atoms with Crippen molar-refractivity contribution >= 4 is 0 Å². The van der Waals surface area contributed by atoms with Crippen LogP contribution in [0.4, 0.5) is 0 Å². The second-order valence-electron chi connectivity index (χ2n) is 6.08. The van der Waals surface area contributed by atoms with E-state index in [-0.39, 0.29) is 0 Å². The molecule has 0 spiro atoms. The summed E-state index contributed by atoms with van der Waals surface area (Å²) in [5, 5.41) is 3.64. The van der Waals surface area contributed by atoms with Gasteiger partial charge in [0, 0.05) is 32.2 Å². The first-order chi connectivity index (χ1) is 6.55. The maximum absolute atomic E-state index is 3.64. The fourth-order valence-corrected chi connectivity index (χ4v) is 2.22. The van der Waals surface area contributed by atoms with E-state index < -0.39 is 0 Å². The molecule has 82 valence electrons. The maximum atomic E-state index is 3.64. The molecule has 2 fully saturated rings. The summed E-state index contributed by atoms with van der Waals surface area (Å²) in [7, 11) is 0. The lowest BCUT2D eigenvalue weighted by Crippen LogP contribution is -2.56. The van der Waals surface area contributed by atoms with Gasteiger partial charge in [0.15, 0.2) is 0 Å². The molecule has 0 amide bonds. The third-order valence-electron chi connectivity index (χ3n) is 3.52. The Bertz CT molecular complexity index is 191. The predicted octanol–water partition coefficient (Wildman–Crippen LogP) is 1.72. The van der Waals surface area contributed by atoms with Crippen LogP contribution in [0.25, 0.3) is 0 Å². The number of nitrogens with zero attached hydrogens (tertiary/aromatic N) is 1. The molecule has 0 radical (unpaired) electrons. The molecule has 1 saturated heterocycles. The highest BCUT2D eigenvalue weighted by Gasteiger charge is 2.31. The maximum Gasteiger partial charge on any atom is 0.0244 e. The molecular formula is C12H24N2. The second kappa shape index (κ2) is 3.82. The van der Waals surface area contributed by atoms with Crippen molar-refractivity contribution in [2.45, 2.75) is 39.7 Å². The number of rotatable bonds is 2. The Labute approximate surface area is 88.1 Å². The molecule has 0 aromatic carbocycles. The lowest BCUT2D eigenvalue weighted by atomic mass is 9.85. The van der Waals surface area contributed by atoms with E-state index in [9.17, 15) is 0 Å². The van der Waals surface area contributed by atoms with Gasteiger partial charge in [0.1, 0.15) is 0 Å². The van der Waals surface area contributed by atoms with Gasteiger partial charge in [0.05, 0.1) is 0 Å². The summed E-state index contributed by atoms with van der Waals surface area (Å²) in [5.74, 6) is 1.04. The topological polar surface area (TPSA) is 15.3 Å². The van der Waals surface area contributed by atoms with Crippen molar-refractivity contribution in [2.75, 3.05) is 26.2 Å². The summed E-state index contributed by atoms with van der Waals surface area (Å²) in [6.45, 7) is 12.0. The van der Waals surface area contributed by atoms with Crippen molar-refractivity contribution in [1.29, 1.82) is 0 Å². The first kappa shape index (κ1) is 10.4. The van der Waals surface area contributed by atoms with E-state index in [0.29, 0.717) is 11.5 Å². The van der Waals surface area contributed by atoms with Gasteiger partial charge >= 0.3 is 0 Å². The molecule has 2 nitrogen and oxygen atoms in total. The van der Waals surface area contributed by atoms with Crippen LogP contribution < -0.4 is 5.32 Å². The molecule has 1 saturated carbocycles. The fraction of sp³-hybridized carbons (Fsp3) is 1.00. The van der Waals surface area contributed by atoms with Crippen molar-refractivity contribution in [3.8, 4) is 0 Å². The molecule has 0 bridgehead atoms. The zero-order chi connectivity index (χ0) is 10.2. The third kappa shape index (κ3) is 2.71. The van der Waals surface area contributed by atoms with Crippen LogP contribution in [0.2, 0.25) is 0 Å². The Morgan fingerprint density at radius 3 is 2.57 bits per heavy atom. The second-order valence-corrected chi connectivity index (χ2v) is 6.08. The van der Waals surface area contributed by atoms with E-state index in [4.69, 9.17) is 0 Å². The van der Waals surface area contributed by atoms with Crippen molar-refractivity contribution in [2.24, 2.45) is 11.3 Å². The van der Waals surface area contributed by atoms with Crippen LogP contribution in [-0.2, 0) is 0 Å². The predicted molar refractivity (Wildman–Crippen MR) is 60.4 cm³/mol. The zero-order valence-electron chi connectivity index (χ0n) is 9.84. The van der Waals surface area contributed by atoms with Gasteiger partial charge in [-0.25, -0.2) is 0 Å². The van der Waals surface area contributed by atoms with E-state index in [0.717, 1.165) is 5.92 Å². The van der Waals surface area contributed by atoms with Gasteiger partial charge in [-0.3, -0.25) is 0 Å². The van der Waals surface area contributed by atoms with Gasteiger partial charge < -0.3 is 10.2 Å². The number of nitrogens with one attached hydrogen (secondary N) is 1. The highest BCUT2D eigenvalue weighted by atomic mass is 15.2. The Morgan fingerprint density at radius 2 is 2.00 bits per heavy atom. The molecule has 1 aliphatic carbocycles. The van der Waals surface area contributed by atoms with Gasteiger partial charge in [0.2, 0.25) is 0 Å². The van der Waals surface area contributed by atoms with Gasteiger partial charge in [-0.2, -0.15) is 0 Å². The van der Waals surface area contributed by atoms with Gasteiger partial charge in [0.25, 0.3) is 0 Å². The van der Waals surface area contributed by atoms with Gasteiger partial charge in [-0.1, -0.05) is 20.8 Å². The fourth-order valence-electron chi connectivity index (χ4n) is 2.22. The standard InChI is InChI=1S/C12H24N2/c1-12(2,3)11-9-14(7-6-13-11)8-10-4-5-10/h10-11,13H,4-9H2,1-3H3. The minimum Gasteiger partial charge on any atom is -0.311 e. The Balaban J connectivity index is 1.83. The summed E-state index contributed by atoms with van der Waals surface area (Å²) < 4.78 is 0. The average Bonchev–Trinajstić information content (AvgIpc) is 2.87. The van der Waals surface area contributed by atoms with Crippen LogP contribution in [0.15, 0.2) is 0 Å². The Morgan fingerprint density at radius 1 is 1.29 bits per heavy atom. The molecule has 1 atom stereocenters. The number of hydrogen-bond donors (Lipinski definition) is 1. The van der Waals surface area contributed by atoms with E-state index in [1.807, 2.05) is 0 Å². The molecule has 14 heavy (non-hydrogen) atoms. The molecule has 1 N–H and O–H groups in total. The van der Waals surface area contributed by atoms with E-state index in [1.165, 1.54) is 39.0 Å². The summed E-state index contributed by atoms with van der Waals surface area (Å²) in [5.41, 5.74) is 0.405. The van der Waals surface area contributed by atoms with Gasteiger partial charge in [-0.05, 0) is 24.2 Å². The molecule has 1 heterocycles. The Kier molecular flexibility index (Phi) is 2.85. The van der Waals surface area contributed by atoms with Crippen LogP contribution >= 0.6 is 0 Å². The van der Waals surface area contributed by atoms with Crippen molar-refractivity contribution < 1.29 is 0 Å². The number of piperazine rings is 1. The highest BCUT2D eigenvalue weighted by molar-refractivity contribution is 4.89. The quantitative estimate of drug-likeness (QED) is 0.723. The molecule has 2 heteroatoms. The summed E-state index contributed by atoms with van der Waals surface area (Å²) in [4.78, 5) is 2.66. The Hall–Kier alpha value is -0.0800. The van der Waals surface area contributed by atoms with Crippen LogP contribution in [0.3, 0.4) is 0 Å². The molecule has 1 aliphatic heterocycles. The third-order valence-corrected chi connectivity index (χ3v) is 3.52. The molecule has 1 unspecified atom stereocenters. The van der Waals surface area contributed by atoms with Crippen molar-refractivity contribution in [1.82, 2.24) is 10.2 Å². The van der Waals surface area contributed by atoms with Crippen LogP contribution in [0, 0.1) is 11.3 Å². The van der Waals surface area contributed by atoms with Crippen molar-refractivity contribution in [3.63, 3.8) is 0 Å². The molecule has 0 aromatic rings. The zero-order valence-corrected chi connectivity index (χ0v) is 9.84. The average molecular weight is 196 g/mol. The normalized spacial score (nSPS) is 30.6. The van der Waals surface area contributed by atoms with Crippen LogP contribution in [-0.4, -0.2) is 37.1 Å². The van der Waals surface area contributed by atoms with E-state index in [2.05, 4.69) is 31.0 Å². The highest BCUT2D eigenvalue weighted by Crippen LogP contribution is 2.31. The number of hydrogen-bond acceptors (Lipinski definition) is 2. The molecule has 0 aromatic heterocycles. The first-order valence-electron chi connectivity index (χ1n) is 6.01. The van der Waals surface area contributed by atoms with E-state index in [1.54, 1.807) is 0 Å². The lowest BCUT2D eigenvalue weighted by molar-refractivity contribution is 0.130. The van der Waals surface area contributed by atoms with Crippen LogP contribution in [0.1, 0.15) is 33.6 Å². The lowest BCUT2D eigenvalue weighted by Gasteiger charge is -2.40. The summed E-state index contributed by atoms with van der Waals surface area (Å²) in [6.07, 6.45) is 2.95. The molecule has 2 rings (SSSR count). The minimum atomic E-state index is 0.405. The first-order valence-corrected chi connectivity index (χ1v) is 6.01. The smallest absolute Gasteiger partial charge is 0.0244 e. The van der Waals surface area contributed by atoms with Crippen molar-refractivity contribution in [3.05, 3.63) is 0 Å². The minimum absolute atomic E-state index is 0.405. The summed E-state index contributed by atoms with van der Waals surface area (Å²) in [6, 6.07) is 0.676. The largest absolute Gasteiger partial charge is 0.311 e. The molecular weight excluding hydrogens is 172 g/mol. The SMILES string of the molecule is CC(C)(C)C1CN(CC2CC2)CCN1. The monoisotopic (exact) mass is 196 g/mol. The van der Waals surface area contributed by atoms with E-state index >= 15 is 0 Å². The molecule has 2 aliphatic rings. The van der Waals surface area contributed by atoms with Gasteiger partial charge in [-0.15, -0.1) is 0 Å².